The van der Waals surface area contributed by atoms with E-state index in [1.807, 2.05) is 0 Å². The van der Waals surface area contributed by atoms with E-state index >= 15 is 0 Å². The summed E-state index contributed by atoms with van der Waals surface area (Å²) in [7, 11) is 0. The smallest absolute Gasteiger partial charge is 0.230 e. The first kappa shape index (κ1) is 14.7. The van der Waals surface area contributed by atoms with E-state index in [1.54, 1.807) is 6.92 Å². The lowest BCUT2D eigenvalue weighted by Crippen LogP contribution is -2.38. The number of rotatable bonds is 7. The van der Waals surface area contributed by atoms with Crippen molar-refractivity contribution < 1.29 is 14.7 Å². The van der Waals surface area contributed by atoms with Crippen LogP contribution in [0.4, 0.5) is 0 Å². The van der Waals surface area contributed by atoms with E-state index in [9.17, 15) is 4.79 Å². The monoisotopic (exact) mass is 231 g/mol. The first-order chi connectivity index (χ1) is 7.49. The van der Waals surface area contributed by atoms with E-state index in [0.29, 0.717) is 25.7 Å². The third kappa shape index (κ3) is 6.23. The van der Waals surface area contributed by atoms with Gasteiger partial charge in [0.2, 0.25) is 5.91 Å². The van der Waals surface area contributed by atoms with Crippen molar-refractivity contribution in [3.63, 3.8) is 0 Å². The largest absolute Gasteiger partial charge is 0.409 e. The fourth-order valence-corrected chi connectivity index (χ4v) is 0.939. The van der Waals surface area contributed by atoms with Gasteiger partial charge in [-0.3, -0.25) is 4.79 Å². The second kappa shape index (κ2) is 7.92. The molecule has 0 aromatic carbocycles. The van der Waals surface area contributed by atoms with Gasteiger partial charge >= 0.3 is 0 Å². The zero-order valence-electron chi connectivity index (χ0n) is 10.1. The SMILES string of the molecule is CC(C)COCCNC(=O)C(C)C(N)=NO. The Hall–Kier alpha value is -1.30. The molecule has 0 aromatic heterocycles. The molecule has 0 heterocycles. The van der Waals surface area contributed by atoms with E-state index in [-0.39, 0.29) is 11.7 Å². The molecule has 0 aliphatic heterocycles. The lowest BCUT2D eigenvalue weighted by atomic mass is 10.1. The van der Waals surface area contributed by atoms with Gasteiger partial charge in [-0.05, 0) is 12.8 Å². The number of carbonyl (C=O) groups is 1. The van der Waals surface area contributed by atoms with Crippen LogP contribution < -0.4 is 11.1 Å². The molecular weight excluding hydrogens is 210 g/mol. The van der Waals surface area contributed by atoms with Gasteiger partial charge in [0.15, 0.2) is 5.84 Å². The molecule has 0 aliphatic rings. The molecule has 0 saturated heterocycles. The Kier molecular flexibility index (Phi) is 7.28. The van der Waals surface area contributed by atoms with Crippen molar-refractivity contribution in [2.45, 2.75) is 20.8 Å². The van der Waals surface area contributed by atoms with Crippen LogP contribution in [0.1, 0.15) is 20.8 Å². The minimum absolute atomic E-state index is 0.0967. The van der Waals surface area contributed by atoms with Crippen LogP contribution in [-0.2, 0) is 9.53 Å². The molecule has 6 nitrogen and oxygen atoms in total. The molecule has 4 N–H and O–H groups in total. The first-order valence-corrected chi connectivity index (χ1v) is 5.31. The number of amides is 1. The number of hydrogen-bond acceptors (Lipinski definition) is 4. The molecule has 6 heteroatoms. The number of nitrogens with one attached hydrogen (secondary N) is 1. The molecule has 94 valence electrons. The maximum absolute atomic E-state index is 11.4. The highest BCUT2D eigenvalue weighted by atomic mass is 16.5. The van der Waals surface area contributed by atoms with E-state index in [4.69, 9.17) is 15.7 Å². The third-order valence-electron chi connectivity index (χ3n) is 1.95. The summed E-state index contributed by atoms with van der Waals surface area (Å²) in [5.74, 6) is -0.522. The molecule has 1 unspecified atom stereocenters. The normalized spacial score (nSPS) is 13.9. The summed E-state index contributed by atoms with van der Waals surface area (Å²) in [4.78, 5) is 11.4. The number of hydrogen-bond donors (Lipinski definition) is 3. The van der Waals surface area contributed by atoms with E-state index in [1.165, 1.54) is 0 Å². The zero-order valence-corrected chi connectivity index (χ0v) is 10.1. The van der Waals surface area contributed by atoms with Crippen LogP contribution in [0, 0.1) is 11.8 Å². The summed E-state index contributed by atoms with van der Waals surface area (Å²) in [6, 6.07) is 0. The van der Waals surface area contributed by atoms with Crippen LogP contribution in [0.3, 0.4) is 0 Å². The minimum atomic E-state index is -0.630. The molecule has 0 saturated carbocycles. The highest BCUT2D eigenvalue weighted by Gasteiger charge is 2.16. The zero-order chi connectivity index (χ0) is 12.6. The first-order valence-electron chi connectivity index (χ1n) is 5.31. The molecule has 0 bridgehead atoms. The standard InChI is InChI=1S/C10H21N3O3/c1-7(2)6-16-5-4-12-10(14)8(3)9(11)13-15/h7-8,15H,4-6H2,1-3H3,(H2,11,13)(H,12,14). The van der Waals surface area contributed by atoms with Crippen molar-refractivity contribution in [1.82, 2.24) is 5.32 Å². The van der Waals surface area contributed by atoms with Crippen molar-refractivity contribution in [1.29, 1.82) is 0 Å². The molecule has 16 heavy (non-hydrogen) atoms. The van der Waals surface area contributed by atoms with Gasteiger partial charge in [0.25, 0.3) is 0 Å². The predicted octanol–water partition coefficient (Wildman–Crippen LogP) is 0.158. The van der Waals surface area contributed by atoms with Crippen molar-refractivity contribution in [3.05, 3.63) is 0 Å². The van der Waals surface area contributed by atoms with Crippen LogP contribution in [0.2, 0.25) is 0 Å². The third-order valence-corrected chi connectivity index (χ3v) is 1.95. The van der Waals surface area contributed by atoms with Gasteiger partial charge < -0.3 is 21.0 Å². The highest BCUT2D eigenvalue weighted by Crippen LogP contribution is 1.94. The highest BCUT2D eigenvalue weighted by molar-refractivity contribution is 6.01. The Labute approximate surface area is 95.8 Å². The second-order valence-corrected chi connectivity index (χ2v) is 4.01. The van der Waals surface area contributed by atoms with Gasteiger partial charge in [-0.25, -0.2) is 0 Å². The number of oxime groups is 1. The van der Waals surface area contributed by atoms with Crippen molar-refractivity contribution in [2.75, 3.05) is 19.8 Å². The van der Waals surface area contributed by atoms with E-state index < -0.39 is 5.92 Å². The molecule has 0 rings (SSSR count). The minimum Gasteiger partial charge on any atom is -0.409 e. The van der Waals surface area contributed by atoms with Gasteiger partial charge in [0.1, 0.15) is 0 Å². The summed E-state index contributed by atoms with van der Waals surface area (Å²) in [5, 5.41) is 13.8. The molecule has 1 atom stereocenters. The lowest BCUT2D eigenvalue weighted by Gasteiger charge is -2.11. The molecule has 0 aromatic rings. The van der Waals surface area contributed by atoms with Gasteiger partial charge in [-0.2, -0.15) is 0 Å². The summed E-state index contributed by atoms with van der Waals surface area (Å²) in [5.41, 5.74) is 5.30. The summed E-state index contributed by atoms with van der Waals surface area (Å²) >= 11 is 0. The maximum Gasteiger partial charge on any atom is 0.230 e. The number of nitrogens with two attached hydrogens (primary N) is 1. The molecular formula is C10H21N3O3. The van der Waals surface area contributed by atoms with Gasteiger partial charge in [-0.1, -0.05) is 19.0 Å². The Balaban J connectivity index is 3.66. The predicted molar refractivity (Wildman–Crippen MR) is 61.2 cm³/mol. The molecule has 0 radical (unpaired) electrons. The van der Waals surface area contributed by atoms with Crippen LogP contribution in [0.15, 0.2) is 5.16 Å². The Morgan fingerprint density at radius 3 is 2.62 bits per heavy atom. The average Bonchev–Trinajstić information content (AvgIpc) is 2.25. The Morgan fingerprint density at radius 1 is 1.50 bits per heavy atom. The fourth-order valence-electron chi connectivity index (χ4n) is 0.939. The van der Waals surface area contributed by atoms with Crippen LogP contribution in [-0.4, -0.2) is 36.7 Å². The lowest BCUT2D eigenvalue weighted by molar-refractivity contribution is -0.122. The van der Waals surface area contributed by atoms with E-state index in [2.05, 4.69) is 24.3 Å². The Morgan fingerprint density at radius 2 is 2.12 bits per heavy atom. The summed E-state index contributed by atoms with van der Waals surface area (Å²) in [6.07, 6.45) is 0. The summed E-state index contributed by atoms with van der Waals surface area (Å²) in [6.45, 7) is 7.24. The van der Waals surface area contributed by atoms with Gasteiger partial charge in [0.05, 0.1) is 12.5 Å². The maximum atomic E-state index is 11.4. The van der Waals surface area contributed by atoms with Crippen molar-refractivity contribution in [2.24, 2.45) is 22.7 Å². The number of ether oxygens (including phenoxy) is 1. The molecule has 0 aliphatic carbocycles. The average molecular weight is 231 g/mol. The van der Waals surface area contributed by atoms with Crippen molar-refractivity contribution in [3.8, 4) is 0 Å². The number of carbonyl (C=O) groups excluding carboxylic acids is 1. The van der Waals surface area contributed by atoms with Crippen molar-refractivity contribution >= 4 is 11.7 Å². The molecule has 1 amide bonds. The van der Waals surface area contributed by atoms with Crippen LogP contribution >= 0.6 is 0 Å². The summed E-state index contributed by atoms with van der Waals surface area (Å²) < 4.78 is 5.29. The molecule has 0 fully saturated rings. The van der Waals surface area contributed by atoms with Gasteiger partial charge in [-0.15, -0.1) is 0 Å². The van der Waals surface area contributed by atoms with Crippen LogP contribution in [0.25, 0.3) is 0 Å². The van der Waals surface area contributed by atoms with Gasteiger partial charge in [0, 0.05) is 13.2 Å². The fraction of sp³-hybridized carbons (Fsp3) is 0.800. The molecule has 0 spiro atoms. The number of nitrogens with zero attached hydrogens (tertiary/aromatic N) is 1. The van der Waals surface area contributed by atoms with E-state index in [0.717, 1.165) is 0 Å². The second-order valence-electron chi connectivity index (χ2n) is 4.01. The number of amidine groups is 1. The topological polar surface area (TPSA) is 96.9 Å². The quantitative estimate of drug-likeness (QED) is 0.191. The van der Waals surface area contributed by atoms with Crippen LogP contribution in [0.5, 0.6) is 0 Å². The Bertz CT molecular complexity index is 241.